The highest BCUT2D eigenvalue weighted by Gasteiger charge is 2.19. The molecule has 0 spiro atoms. The van der Waals surface area contributed by atoms with Crippen LogP contribution in [0.1, 0.15) is 17.7 Å². The van der Waals surface area contributed by atoms with E-state index in [1.165, 1.54) is 25.1 Å². The summed E-state index contributed by atoms with van der Waals surface area (Å²) in [6, 6.07) is 5.91. The zero-order valence-corrected chi connectivity index (χ0v) is 8.31. The molecule has 0 N–H and O–H groups in total. The summed E-state index contributed by atoms with van der Waals surface area (Å²) in [4.78, 5) is 0. The van der Waals surface area contributed by atoms with Crippen LogP contribution in [0.4, 0.5) is 4.39 Å². The third-order valence-electron chi connectivity index (χ3n) is 1.99. The van der Waals surface area contributed by atoms with E-state index in [1.807, 2.05) is 0 Å². The lowest BCUT2D eigenvalue weighted by Crippen LogP contribution is -2.09. The molecule has 0 amide bonds. The fourth-order valence-electron chi connectivity index (χ4n) is 1.04. The lowest BCUT2D eigenvalue weighted by atomic mass is 10.1. The Kier molecular flexibility index (Phi) is 2.71. The van der Waals surface area contributed by atoms with Gasteiger partial charge in [0.2, 0.25) is 0 Å². The van der Waals surface area contributed by atoms with Gasteiger partial charge in [0.1, 0.15) is 5.82 Å². The van der Waals surface area contributed by atoms with E-state index >= 15 is 0 Å². The topological polar surface area (TPSA) is 34.1 Å². The van der Waals surface area contributed by atoms with Gasteiger partial charge in [-0.2, -0.15) is 0 Å². The van der Waals surface area contributed by atoms with E-state index in [9.17, 15) is 12.8 Å². The first kappa shape index (κ1) is 10.2. The molecule has 0 fully saturated rings. The highest BCUT2D eigenvalue weighted by Crippen LogP contribution is 2.22. The molecule has 0 aliphatic carbocycles. The Labute approximate surface area is 77.3 Å². The van der Waals surface area contributed by atoms with E-state index in [2.05, 4.69) is 0 Å². The maximum absolute atomic E-state index is 13.1. The first-order valence-corrected chi connectivity index (χ1v) is 5.81. The second-order valence-corrected chi connectivity index (χ2v) is 5.36. The predicted octanol–water partition coefficient (Wildman–Crippen LogP) is 1.93. The van der Waals surface area contributed by atoms with E-state index in [0.717, 1.165) is 6.26 Å². The molecule has 1 aromatic carbocycles. The lowest BCUT2D eigenvalue weighted by molar-refractivity contribution is 0.578. The second-order valence-electron chi connectivity index (χ2n) is 2.99. The quantitative estimate of drug-likeness (QED) is 0.734. The summed E-state index contributed by atoms with van der Waals surface area (Å²) >= 11 is 0. The van der Waals surface area contributed by atoms with Crippen LogP contribution in [-0.2, 0) is 9.84 Å². The van der Waals surface area contributed by atoms with Gasteiger partial charge in [0.15, 0.2) is 9.84 Å². The van der Waals surface area contributed by atoms with Gasteiger partial charge in [-0.3, -0.25) is 0 Å². The normalized spacial score (nSPS) is 14.1. The summed E-state index contributed by atoms with van der Waals surface area (Å²) in [5, 5.41) is -0.784. The number of benzene rings is 1. The van der Waals surface area contributed by atoms with Crippen molar-refractivity contribution in [1.29, 1.82) is 0 Å². The molecule has 2 nitrogen and oxygen atoms in total. The molecule has 1 rings (SSSR count). The third-order valence-corrected chi connectivity index (χ3v) is 3.52. The molecule has 0 aromatic heterocycles. The number of sulfone groups is 1. The van der Waals surface area contributed by atoms with Crippen LogP contribution >= 0.6 is 0 Å². The van der Waals surface area contributed by atoms with Crippen LogP contribution in [0, 0.1) is 5.82 Å². The largest absolute Gasteiger partial charge is 0.229 e. The Morgan fingerprint density at radius 2 is 1.85 bits per heavy atom. The van der Waals surface area contributed by atoms with Gasteiger partial charge in [0.05, 0.1) is 5.25 Å². The SMILES string of the molecule is CC(c1ccccc1F)S(C)(=O)=O. The first-order chi connectivity index (χ1) is 5.93. The molecule has 1 unspecified atom stereocenters. The number of halogens is 1. The molecule has 0 radical (unpaired) electrons. The van der Waals surface area contributed by atoms with Crippen LogP contribution in [0.3, 0.4) is 0 Å². The van der Waals surface area contributed by atoms with E-state index < -0.39 is 20.9 Å². The molecular weight excluding hydrogens is 191 g/mol. The van der Waals surface area contributed by atoms with Crippen molar-refractivity contribution >= 4 is 9.84 Å². The van der Waals surface area contributed by atoms with Crippen LogP contribution in [0.2, 0.25) is 0 Å². The highest BCUT2D eigenvalue weighted by atomic mass is 32.2. The van der Waals surface area contributed by atoms with Crippen molar-refractivity contribution in [3.63, 3.8) is 0 Å². The van der Waals surface area contributed by atoms with Crippen LogP contribution < -0.4 is 0 Å². The van der Waals surface area contributed by atoms with Crippen molar-refractivity contribution in [3.8, 4) is 0 Å². The molecule has 0 saturated carbocycles. The van der Waals surface area contributed by atoms with Crippen molar-refractivity contribution in [3.05, 3.63) is 35.6 Å². The Hall–Kier alpha value is -0.900. The summed E-state index contributed by atoms with van der Waals surface area (Å²) in [6.07, 6.45) is 1.10. The van der Waals surface area contributed by atoms with Gasteiger partial charge in [-0.1, -0.05) is 18.2 Å². The van der Waals surface area contributed by atoms with E-state index in [0.29, 0.717) is 0 Å². The van der Waals surface area contributed by atoms with Crippen molar-refractivity contribution < 1.29 is 12.8 Å². The van der Waals surface area contributed by atoms with Gasteiger partial charge in [-0.15, -0.1) is 0 Å². The van der Waals surface area contributed by atoms with Crippen LogP contribution in [0.25, 0.3) is 0 Å². The Bertz CT molecular complexity index is 398. The van der Waals surface area contributed by atoms with Crippen molar-refractivity contribution in [1.82, 2.24) is 0 Å². The maximum atomic E-state index is 13.1. The minimum atomic E-state index is -3.22. The Morgan fingerprint density at radius 1 is 1.31 bits per heavy atom. The van der Waals surface area contributed by atoms with E-state index in [-0.39, 0.29) is 5.56 Å². The molecule has 1 aromatic rings. The molecule has 0 saturated heterocycles. The van der Waals surface area contributed by atoms with Gasteiger partial charge >= 0.3 is 0 Å². The smallest absolute Gasteiger partial charge is 0.154 e. The number of hydrogen-bond acceptors (Lipinski definition) is 2. The van der Waals surface area contributed by atoms with Crippen LogP contribution in [0.5, 0.6) is 0 Å². The minimum Gasteiger partial charge on any atom is -0.229 e. The fourth-order valence-corrected chi connectivity index (χ4v) is 1.69. The fraction of sp³-hybridized carbons (Fsp3) is 0.333. The summed E-state index contributed by atoms with van der Waals surface area (Å²) in [5.41, 5.74) is 0.227. The zero-order chi connectivity index (χ0) is 10.1. The van der Waals surface area contributed by atoms with Crippen LogP contribution in [0.15, 0.2) is 24.3 Å². The highest BCUT2D eigenvalue weighted by molar-refractivity contribution is 7.90. The van der Waals surface area contributed by atoms with Crippen molar-refractivity contribution in [2.75, 3.05) is 6.26 Å². The average molecular weight is 202 g/mol. The number of rotatable bonds is 2. The Morgan fingerprint density at radius 3 is 2.31 bits per heavy atom. The van der Waals surface area contributed by atoms with Gasteiger partial charge in [0, 0.05) is 11.8 Å². The molecule has 0 aliphatic rings. The molecule has 72 valence electrons. The van der Waals surface area contributed by atoms with Gasteiger partial charge in [-0.05, 0) is 13.0 Å². The number of hydrogen-bond donors (Lipinski definition) is 0. The molecule has 4 heteroatoms. The Balaban J connectivity index is 3.17. The van der Waals surface area contributed by atoms with Crippen LogP contribution in [-0.4, -0.2) is 14.7 Å². The monoisotopic (exact) mass is 202 g/mol. The molecule has 1 atom stereocenters. The van der Waals surface area contributed by atoms with E-state index in [4.69, 9.17) is 0 Å². The van der Waals surface area contributed by atoms with E-state index in [1.54, 1.807) is 6.07 Å². The predicted molar refractivity (Wildman–Crippen MR) is 49.7 cm³/mol. The summed E-state index contributed by atoms with van der Waals surface area (Å²) in [6.45, 7) is 1.48. The molecular formula is C9H11FO2S. The maximum Gasteiger partial charge on any atom is 0.154 e. The minimum absolute atomic E-state index is 0.227. The van der Waals surface area contributed by atoms with Crippen molar-refractivity contribution in [2.45, 2.75) is 12.2 Å². The molecule has 0 heterocycles. The van der Waals surface area contributed by atoms with Crippen molar-refractivity contribution in [2.24, 2.45) is 0 Å². The summed E-state index contributed by atoms with van der Waals surface area (Å²) in [7, 11) is -3.22. The van der Waals surface area contributed by atoms with Gasteiger partial charge in [0.25, 0.3) is 0 Å². The molecule has 0 aliphatic heterocycles. The second kappa shape index (κ2) is 3.46. The third kappa shape index (κ3) is 2.28. The average Bonchev–Trinajstić information content (AvgIpc) is 2.02. The standard InChI is InChI=1S/C9H11FO2S/c1-7(13(2,11)12)8-5-3-4-6-9(8)10/h3-7H,1-2H3. The zero-order valence-electron chi connectivity index (χ0n) is 7.49. The van der Waals surface area contributed by atoms with Gasteiger partial charge in [-0.25, -0.2) is 12.8 Å². The first-order valence-electron chi connectivity index (χ1n) is 3.86. The molecule has 13 heavy (non-hydrogen) atoms. The van der Waals surface area contributed by atoms with Gasteiger partial charge < -0.3 is 0 Å². The lowest BCUT2D eigenvalue weighted by Gasteiger charge is -2.09. The molecule has 0 bridgehead atoms. The summed E-state index contributed by atoms with van der Waals surface area (Å²) < 4.78 is 35.3. The summed E-state index contributed by atoms with van der Waals surface area (Å²) in [5.74, 6) is -0.472.